The van der Waals surface area contributed by atoms with E-state index in [9.17, 15) is 0 Å². The molecule has 0 fully saturated rings. The van der Waals surface area contributed by atoms with Gasteiger partial charge in [0.15, 0.2) is 0 Å². The van der Waals surface area contributed by atoms with Crippen molar-refractivity contribution in [3.8, 4) is 0 Å². The fraction of sp³-hybridized carbons (Fsp3) is 1.00. The number of rotatable bonds is 7. The van der Waals surface area contributed by atoms with Gasteiger partial charge in [-0.25, -0.2) is 0 Å². The highest BCUT2D eigenvalue weighted by Crippen LogP contribution is 2.03. The molecule has 0 rings (SSSR count). The number of nitrogens with two attached hydrogens (primary N) is 1. The van der Waals surface area contributed by atoms with E-state index in [0.29, 0.717) is 6.61 Å². The lowest BCUT2D eigenvalue weighted by Gasteiger charge is -1.97. The highest BCUT2D eigenvalue weighted by Gasteiger charge is 1.88. The van der Waals surface area contributed by atoms with Crippen molar-refractivity contribution in [2.24, 2.45) is 5.73 Å². The van der Waals surface area contributed by atoms with Crippen molar-refractivity contribution >= 4 is 0 Å². The summed E-state index contributed by atoms with van der Waals surface area (Å²) in [4.78, 5) is 0. The smallest absolute Gasteiger partial charge is 0.0431 e. The second-order valence-corrected chi connectivity index (χ2v) is 2.63. The summed E-state index contributed by atoms with van der Waals surface area (Å²) >= 11 is 0. The molecule has 0 unspecified atom stereocenters. The van der Waals surface area contributed by atoms with Crippen LogP contribution in [0.15, 0.2) is 0 Å². The lowest BCUT2D eigenvalue weighted by molar-refractivity contribution is 0.282. The first-order valence-electron chi connectivity index (χ1n) is 4.22. The lowest BCUT2D eigenvalue weighted by atomic mass is 10.1. The predicted molar refractivity (Wildman–Crippen MR) is 43.8 cm³/mol. The molecule has 0 spiro atoms. The number of hydrogen-bond donors (Lipinski definition) is 2. The molecule has 0 aromatic rings. The molecular weight excluding hydrogens is 126 g/mol. The maximum absolute atomic E-state index is 8.45. The van der Waals surface area contributed by atoms with Crippen LogP contribution in [0.2, 0.25) is 0 Å². The average molecular weight is 145 g/mol. The van der Waals surface area contributed by atoms with Crippen LogP contribution in [0, 0.1) is 0 Å². The molecule has 0 aromatic carbocycles. The van der Waals surface area contributed by atoms with Gasteiger partial charge in [0.2, 0.25) is 0 Å². The molecule has 0 saturated heterocycles. The van der Waals surface area contributed by atoms with Crippen molar-refractivity contribution in [1.29, 1.82) is 0 Å². The van der Waals surface area contributed by atoms with Crippen LogP contribution in [0.5, 0.6) is 0 Å². The van der Waals surface area contributed by atoms with E-state index in [0.717, 1.165) is 19.4 Å². The molecule has 0 aliphatic rings. The van der Waals surface area contributed by atoms with Crippen LogP contribution in [0.1, 0.15) is 38.5 Å². The van der Waals surface area contributed by atoms with Gasteiger partial charge in [0, 0.05) is 6.61 Å². The average Bonchev–Trinajstić information content (AvgIpc) is 1.97. The Morgan fingerprint density at radius 2 is 1.30 bits per heavy atom. The molecule has 0 atom stereocenters. The zero-order chi connectivity index (χ0) is 7.66. The van der Waals surface area contributed by atoms with Crippen LogP contribution >= 0.6 is 0 Å². The Hall–Kier alpha value is -0.0800. The minimum atomic E-state index is 0.344. The molecule has 3 N–H and O–H groups in total. The largest absolute Gasteiger partial charge is 0.396 e. The monoisotopic (exact) mass is 145 g/mol. The molecular formula is C8H19NO. The first-order chi connectivity index (χ1) is 4.91. The van der Waals surface area contributed by atoms with Crippen LogP contribution < -0.4 is 5.73 Å². The molecule has 2 nitrogen and oxygen atoms in total. The second kappa shape index (κ2) is 8.92. The third-order valence-corrected chi connectivity index (χ3v) is 1.61. The third kappa shape index (κ3) is 7.92. The summed E-state index contributed by atoms with van der Waals surface area (Å²) < 4.78 is 0. The summed E-state index contributed by atoms with van der Waals surface area (Å²) in [6.07, 6.45) is 7.06. The van der Waals surface area contributed by atoms with E-state index < -0.39 is 0 Å². The van der Waals surface area contributed by atoms with Gasteiger partial charge in [-0.1, -0.05) is 25.7 Å². The van der Waals surface area contributed by atoms with E-state index >= 15 is 0 Å². The minimum absolute atomic E-state index is 0.344. The Balaban J connectivity index is 2.65. The molecule has 0 amide bonds. The Bertz CT molecular complexity index is 49.2. The standard InChI is InChI=1S/C8H19NO/c9-7-5-3-1-2-4-6-8-10/h10H,1-9H2. The highest BCUT2D eigenvalue weighted by atomic mass is 16.2. The molecule has 0 saturated carbocycles. The molecule has 0 aliphatic carbocycles. The Morgan fingerprint density at radius 3 is 1.80 bits per heavy atom. The second-order valence-electron chi connectivity index (χ2n) is 2.63. The van der Waals surface area contributed by atoms with Crippen LogP contribution in [0.3, 0.4) is 0 Å². The van der Waals surface area contributed by atoms with Crippen molar-refractivity contribution in [3.05, 3.63) is 0 Å². The molecule has 0 radical (unpaired) electrons. The van der Waals surface area contributed by atoms with Gasteiger partial charge in [-0.15, -0.1) is 0 Å². The summed E-state index contributed by atoms with van der Waals surface area (Å²) in [5, 5.41) is 8.45. The molecule has 0 bridgehead atoms. The van der Waals surface area contributed by atoms with Crippen LogP contribution in [0.25, 0.3) is 0 Å². The van der Waals surface area contributed by atoms with Gasteiger partial charge in [0.05, 0.1) is 0 Å². The number of hydrogen-bond acceptors (Lipinski definition) is 2. The summed E-state index contributed by atoms with van der Waals surface area (Å²) in [6, 6.07) is 0. The fourth-order valence-electron chi connectivity index (χ4n) is 0.963. The third-order valence-electron chi connectivity index (χ3n) is 1.61. The molecule has 0 aromatic heterocycles. The zero-order valence-corrected chi connectivity index (χ0v) is 6.68. The SMILES string of the molecule is NCCCCCCCCO. The van der Waals surface area contributed by atoms with E-state index in [1.165, 1.54) is 25.7 Å². The van der Waals surface area contributed by atoms with E-state index in [1.807, 2.05) is 0 Å². The van der Waals surface area contributed by atoms with Gasteiger partial charge >= 0.3 is 0 Å². The number of aliphatic hydroxyl groups excluding tert-OH is 1. The van der Waals surface area contributed by atoms with E-state index in [2.05, 4.69) is 0 Å². The van der Waals surface area contributed by atoms with Crippen molar-refractivity contribution in [2.45, 2.75) is 38.5 Å². The Labute approximate surface area is 63.4 Å². The minimum Gasteiger partial charge on any atom is -0.396 e. The van der Waals surface area contributed by atoms with Gasteiger partial charge in [-0.05, 0) is 19.4 Å². The maximum atomic E-state index is 8.45. The number of aliphatic hydroxyl groups is 1. The van der Waals surface area contributed by atoms with E-state index in [-0.39, 0.29) is 0 Å². The summed E-state index contributed by atoms with van der Waals surface area (Å²) in [6.45, 7) is 1.16. The van der Waals surface area contributed by atoms with Crippen molar-refractivity contribution in [1.82, 2.24) is 0 Å². The fourth-order valence-corrected chi connectivity index (χ4v) is 0.963. The first kappa shape index (κ1) is 9.92. The van der Waals surface area contributed by atoms with Crippen molar-refractivity contribution < 1.29 is 5.11 Å². The van der Waals surface area contributed by atoms with Crippen molar-refractivity contribution in [2.75, 3.05) is 13.2 Å². The summed E-state index contributed by atoms with van der Waals surface area (Å²) in [5.74, 6) is 0. The molecule has 0 aliphatic heterocycles. The van der Waals surface area contributed by atoms with Crippen molar-refractivity contribution in [3.63, 3.8) is 0 Å². The van der Waals surface area contributed by atoms with E-state index in [4.69, 9.17) is 10.8 Å². The molecule has 2 heteroatoms. The quantitative estimate of drug-likeness (QED) is 0.530. The Kier molecular flexibility index (Phi) is 8.85. The maximum Gasteiger partial charge on any atom is 0.0431 e. The Morgan fingerprint density at radius 1 is 0.800 bits per heavy atom. The summed E-state index contributed by atoms with van der Waals surface area (Å²) in [7, 11) is 0. The predicted octanol–water partition coefficient (Wildman–Crippen LogP) is 1.28. The zero-order valence-electron chi connectivity index (χ0n) is 6.68. The summed E-state index contributed by atoms with van der Waals surface area (Å²) in [5.41, 5.74) is 5.33. The van der Waals surface area contributed by atoms with Crippen LogP contribution in [-0.2, 0) is 0 Å². The first-order valence-corrected chi connectivity index (χ1v) is 4.22. The lowest BCUT2D eigenvalue weighted by Crippen LogP contribution is -1.97. The van der Waals surface area contributed by atoms with E-state index in [1.54, 1.807) is 0 Å². The molecule has 0 heterocycles. The normalized spacial score (nSPS) is 10.2. The molecule has 62 valence electrons. The van der Waals surface area contributed by atoms with Crippen LogP contribution in [0.4, 0.5) is 0 Å². The van der Waals surface area contributed by atoms with Gasteiger partial charge < -0.3 is 10.8 Å². The van der Waals surface area contributed by atoms with Gasteiger partial charge in [0.1, 0.15) is 0 Å². The van der Waals surface area contributed by atoms with Crippen LogP contribution in [-0.4, -0.2) is 18.3 Å². The topological polar surface area (TPSA) is 46.2 Å². The van der Waals surface area contributed by atoms with Gasteiger partial charge in [-0.2, -0.15) is 0 Å². The number of unbranched alkanes of at least 4 members (excludes halogenated alkanes) is 5. The van der Waals surface area contributed by atoms with Gasteiger partial charge in [0.25, 0.3) is 0 Å². The highest BCUT2D eigenvalue weighted by molar-refractivity contribution is 4.44. The molecule has 10 heavy (non-hydrogen) atoms. The van der Waals surface area contributed by atoms with Gasteiger partial charge in [-0.3, -0.25) is 0 Å².